The van der Waals surface area contributed by atoms with Crippen molar-refractivity contribution in [3.63, 3.8) is 0 Å². The van der Waals surface area contributed by atoms with Gasteiger partial charge in [0.1, 0.15) is 5.58 Å². The molecule has 1 heterocycles. The van der Waals surface area contributed by atoms with Crippen LogP contribution in [0.5, 0.6) is 0 Å². The van der Waals surface area contributed by atoms with Gasteiger partial charge in [-0.15, -0.1) is 0 Å². The molecule has 140 valence electrons. The molecule has 3 aromatic rings. The van der Waals surface area contributed by atoms with Crippen LogP contribution in [0.2, 0.25) is 0 Å². The fourth-order valence-electron chi connectivity index (χ4n) is 2.79. The molecule has 2 aromatic carbocycles. The highest BCUT2D eigenvalue weighted by molar-refractivity contribution is 6.08. The van der Waals surface area contributed by atoms with Gasteiger partial charge in [0.25, 0.3) is 5.91 Å². The summed E-state index contributed by atoms with van der Waals surface area (Å²) >= 11 is 0. The molecule has 0 aliphatic heterocycles. The van der Waals surface area contributed by atoms with Crippen molar-refractivity contribution in [3.05, 3.63) is 47.7 Å². The van der Waals surface area contributed by atoms with Gasteiger partial charge < -0.3 is 14.5 Å². The maximum absolute atomic E-state index is 12.3. The van der Waals surface area contributed by atoms with Gasteiger partial charge in [0, 0.05) is 22.9 Å². The van der Waals surface area contributed by atoms with E-state index in [0.717, 1.165) is 22.6 Å². The first kappa shape index (κ1) is 18.4. The van der Waals surface area contributed by atoms with Gasteiger partial charge >= 0.3 is 12.0 Å². The SMILES string of the molecule is CCCNC(=O)NC(=O)COC(=O)c1oc2c(ccc3ccccc32)c1C. The maximum atomic E-state index is 12.3. The summed E-state index contributed by atoms with van der Waals surface area (Å²) in [4.78, 5) is 35.5. The summed E-state index contributed by atoms with van der Waals surface area (Å²) in [6, 6.07) is 10.9. The third kappa shape index (κ3) is 3.92. The summed E-state index contributed by atoms with van der Waals surface area (Å²) in [5.74, 6) is -1.42. The van der Waals surface area contributed by atoms with Crippen LogP contribution in [-0.2, 0) is 9.53 Å². The average Bonchev–Trinajstić information content (AvgIpc) is 3.01. The molecular weight excluding hydrogens is 348 g/mol. The standard InChI is InChI=1S/C20H20N2O5/c1-3-10-21-20(25)22-16(23)11-26-19(24)17-12(2)14-9-8-13-6-4-5-7-15(13)18(14)27-17/h4-9H,3,10-11H2,1-2H3,(H2,21,22,23,25). The number of esters is 1. The maximum Gasteiger partial charge on any atom is 0.375 e. The van der Waals surface area contributed by atoms with E-state index in [1.807, 2.05) is 43.3 Å². The van der Waals surface area contributed by atoms with E-state index in [2.05, 4.69) is 10.6 Å². The van der Waals surface area contributed by atoms with Crippen molar-refractivity contribution in [2.45, 2.75) is 20.3 Å². The van der Waals surface area contributed by atoms with Crippen LogP contribution in [0.15, 0.2) is 40.8 Å². The van der Waals surface area contributed by atoms with E-state index in [9.17, 15) is 14.4 Å². The molecule has 3 rings (SSSR count). The van der Waals surface area contributed by atoms with Crippen LogP contribution in [0, 0.1) is 6.92 Å². The first-order valence-corrected chi connectivity index (χ1v) is 8.67. The Morgan fingerprint density at radius 3 is 2.63 bits per heavy atom. The van der Waals surface area contributed by atoms with E-state index < -0.39 is 24.5 Å². The fraction of sp³-hybridized carbons (Fsp3) is 0.250. The highest BCUT2D eigenvalue weighted by Crippen LogP contribution is 2.31. The zero-order chi connectivity index (χ0) is 19.4. The van der Waals surface area contributed by atoms with E-state index in [1.165, 1.54) is 0 Å². The predicted molar refractivity (Wildman–Crippen MR) is 101 cm³/mol. The first-order valence-electron chi connectivity index (χ1n) is 8.67. The van der Waals surface area contributed by atoms with Crippen molar-refractivity contribution in [1.82, 2.24) is 10.6 Å². The number of imide groups is 1. The second-order valence-electron chi connectivity index (χ2n) is 6.10. The lowest BCUT2D eigenvalue weighted by Crippen LogP contribution is -2.41. The van der Waals surface area contributed by atoms with Crippen LogP contribution >= 0.6 is 0 Å². The summed E-state index contributed by atoms with van der Waals surface area (Å²) in [6.45, 7) is 3.53. The fourth-order valence-corrected chi connectivity index (χ4v) is 2.79. The van der Waals surface area contributed by atoms with Gasteiger partial charge in [-0.1, -0.05) is 43.3 Å². The normalized spacial score (nSPS) is 10.7. The molecule has 0 radical (unpaired) electrons. The minimum Gasteiger partial charge on any atom is -0.450 e. The highest BCUT2D eigenvalue weighted by atomic mass is 16.5. The largest absolute Gasteiger partial charge is 0.450 e. The number of aryl methyl sites for hydroxylation is 1. The number of furan rings is 1. The second-order valence-corrected chi connectivity index (χ2v) is 6.10. The predicted octanol–water partition coefficient (Wildman–Crippen LogP) is 3.29. The Kier molecular flexibility index (Phi) is 5.40. The molecule has 2 N–H and O–H groups in total. The van der Waals surface area contributed by atoms with Crippen LogP contribution in [0.25, 0.3) is 21.7 Å². The molecule has 0 unspecified atom stereocenters. The topological polar surface area (TPSA) is 97.6 Å². The molecule has 0 atom stereocenters. The minimum atomic E-state index is -0.753. The Balaban J connectivity index is 1.72. The third-order valence-electron chi connectivity index (χ3n) is 4.14. The summed E-state index contributed by atoms with van der Waals surface area (Å²) in [5, 5.41) is 7.28. The Hall–Kier alpha value is -3.35. The van der Waals surface area contributed by atoms with Crippen LogP contribution in [0.1, 0.15) is 29.5 Å². The minimum absolute atomic E-state index is 0.0459. The number of carbonyl (C=O) groups excluding carboxylic acids is 3. The van der Waals surface area contributed by atoms with Gasteiger partial charge in [-0.3, -0.25) is 10.1 Å². The van der Waals surface area contributed by atoms with Crippen molar-refractivity contribution < 1.29 is 23.5 Å². The number of hydrogen-bond acceptors (Lipinski definition) is 5. The van der Waals surface area contributed by atoms with Crippen molar-refractivity contribution in [2.75, 3.05) is 13.2 Å². The number of rotatable bonds is 5. The monoisotopic (exact) mass is 368 g/mol. The molecule has 1 aromatic heterocycles. The number of benzene rings is 2. The molecule has 0 spiro atoms. The Morgan fingerprint density at radius 2 is 1.85 bits per heavy atom. The molecular formula is C20H20N2O5. The summed E-state index contributed by atoms with van der Waals surface area (Å²) in [6.07, 6.45) is 0.747. The molecule has 7 heteroatoms. The van der Waals surface area contributed by atoms with Crippen molar-refractivity contribution in [1.29, 1.82) is 0 Å². The Labute approximate surface area is 155 Å². The average molecular weight is 368 g/mol. The van der Waals surface area contributed by atoms with E-state index in [1.54, 1.807) is 6.92 Å². The van der Waals surface area contributed by atoms with Gasteiger partial charge in [0.15, 0.2) is 6.61 Å². The highest BCUT2D eigenvalue weighted by Gasteiger charge is 2.21. The second kappa shape index (κ2) is 7.90. The molecule has 0 saturated heterocycles. The van der Waals surface area contributed by atoms with Gasteiger partial charge in [0.05, 0.1) is 0 Å². The lowest BCUT2D eigenvalue weighted by molar-refractivity contribution is -0.123. The molecule has 0 aliphatic rings. The number of amides is 3. The quantitative estimate of drug-likeness (QED) is 0.674. The number of nitrogens with one attached hydrogen (secondary N) is 2. The first-order chi connectivity index (χ1) is 13.0. The lowest BCUT2D eigenvalue weighted by atomic mass is 10.1. The molecule has 0 aliphatic carbocycles. The summed E-state index contributed by atoms with van der Waals surface area (Å²) in [7, 11) is 0. The smallest absolute Gasteiger partial charge is 0.375 e. The molecule has 0 bridgehead atoms. The van der Waals surface area contributed by atoms with E-state index in [4.69, 9.17) is 9.15 Å². The Bertz CT molecular complexity index is 1020. The zero-order valence-electron chi connectivity index (χ0n) is 15.1. The third-order valence-corrected chi connectivity index (χ3v) is 4.14. The molecule has 7 nitrogen and oxygen atoms in total. The molecule has 27 heavy (non-hydrogen) atoms. The van der Waals surface area contributed by atoms with Gasteiger partial charge in [-0.05, 0) is 18.7 Å². The van der Waals surface area contributed by atoms with Crippen LogP contribution in [-0.4, -0.2) is 31.1 Å². The number of ether oxygens (including phenoxy) is 1. The zero-order valence-corrected chi connectivity index (χ0v) is 15.1. The summed E-state index contributed by atoms with van der Waals surface area (Å²) in [5.41, 5.74) is 1.24. The number of carbonyl (C=O) groups is 3. The van der Waals surface area contributed by atoms with E-state index in [0.29, 0.717) is 17.7 Å². The van der Waals surface area contributed by atoms with Crippen molar-refractivity contribution in [3.8, 4) is 0 Å². The Morgan fingerprint density at radius 1 is 1.07 bits per heavy atom. The number of hydrogen-bond donors (Lipinski definition) is 2. The molecule has 3 amide bonds. The number of urea groups is 1. The molecule has 0 saturated carbocycles. The van der Waals surface area contributed by atoms with E-state index >= 15 is 0 Å². The summed E-state index contributed by atoms with van der Waals surface area (Å²) < 4.78 is 10.7. The number of fused-ring (bicyclic) bond motifs is 3. The van der Waals surface area contributed by atoms with Gasteiger partial charge in [-0.25, -0.2) is 9.59 Å². The lowest BCUT2D eigenvalue weighted by Gasteiger charge is -2.06. The molecule has 0 fully saturated rings. The van der Waals surface area contributed by atoms with Gasteiger partial charge in [0.2, 0.25) is 5.76 Å². The van der Waals surface area contributed by atoms with Crippen molar-refractivity contribution in [2.24, 2.45) is 0 Å². The van der Waals surface area contributed by atoms with Crippen LogP contribution in [0.3, 0.4) is 0 Å². The van der Waals surface area contributed by atoms with E-state index in [-0.39, 0.29) is 5.76 Å². The van der Waals surface area contributed by atoms with Gasteiger partial charge in [-0.2, -0.15) is 0 Å². The van der Waals surface area contributed by atoms with Crippen molar-refractivity contribution >= 4 is 39.6 Å². The van der Waals surface area contributed by atoms with Crippen LogP contribution in [0.4, 0.5) is 4.79 Å². The van der Waals surface area contributed by atoms with Crippen LogP contribution < -0.4 is 10.6 Å².